The average molecular weight is 283 g/mol. The van der Waals surface area contributed by atoms with Crippen molar-refractivity contribution in [3.05, 3.63) is 29.8 Å². The predicted molar refractivity (Wildman–Crippen MR) is 74.6 cm³/mol. The Balaban J connectivity index is 2.16. The van der Waals surface area contributed by atoms with E-state index in [9.17, 15) is 9.59 Å². The number of nitrogens with two attached hydrogens (primary N) is 1. The normalized spacial score (nSPS) is 9.74. The molecule has 0 spiro atoms. The molecule has 0 heterocycles. The molecule has 0 saturated carbocycles. The zero-order valence-electron chi connectivity index (χ0n) is 10.6. The second-order valence-corrected chi connectivity index (χ2v) is 4.79. The number of amides is 3. The van der Waals surface area contributed by atoms with Gasteiger partial charge in [0.15, 0.2) is 0 Å². The van der Waals surface area contributed by atoms with E-state index < -0.39 is 6.03 Å². The van der Waals surface area contributed by atoms with Gasteiger partial charge in [0.2, 0.25) is 5.91 Å². The number of hydrazine groups is 1. The van der Waals surface area contributed by atoms with Gasteiger partial charge >= 0.3 is 6.03 Å². The maximum absolute atomic E-state index is 11.2. The summed E-state index contributed by atoms with van der Waals surface area (Å²) in [5, 5.41) is 0. The first-order valence-corrected chi connectivity index (χ1v) is 6.82. The van der Waals surface area contributed by atoms with Gasteiger partial charge < -0.3 is 10.5 Å². The van der Waals surface area contributed by atoms with Gasteiger partial charge in [-0.05, 0) is 17.7 Å². The molecule has 0 aliphatic carbocycles. The van der Waals surface area contributed by atoms with Crippen molar-refractivity contribution in [2.45, 2.75) is 12.2 Å². The Hall–Kier alpha value is -1.89. The molecule has 1 aromatic rings. The Morgan fingerprint density at radius 3 is 2.53 bits per heavy atom. The third kappa shape index (κ3) is 6.56. The van der Waals surface area contributed by atoms with E-state index in [2.05, 4.69) is 5.43 Å². The van der Waals surface area contributed by atoms with Crippen molar-refractivity contribution < 1.29 is 14.3 Å². The zero-order chi connectivity index (χ0) is 14.1. The number of hydrogen-bond acceptors (Lipinski definition) is 4. The minimum atomic E-state index is -0.778. The highest BCUT2D eigenvalue weighted by Gasteiger charge is 2.02. The van der Waals surface area contributed by atoms with E-state index >= 15 is 0 Å². The molecule has 0 atom stereocenters. The maximum atomic E-state index is 11.2. The minimum Gasteiger partial charge on any atom is -0.497 e. The molecule has 4 N–H and O–H groups in total. The number of hydrogen-bond donors (Lipinski definition) is 3. The second kappa shape index (κ2) is 8.25. The van der Waals surface area contributed by atoms with Crippen molar-refractivity contribution in [2.75, 3.05) is 12.9 Å². The van der Waals surface area contributed by atoms with E-state index in [-0.39, 0.29) is 5.91 Å². The lowest BCUT2D eigenvalue weighted by Gasteiger charge is -2.05. The largest absolute Gasteiger partial charge is 0.497 e. The van der Waals surface area contributed by atoms with Crippen LogP contribution in [0.1, 0.15) is 12.0 Å². The van der Waals surface area contributed by atoms with Gasteiger partial charge in [0.1, 0.15) is 5.75 Å². The van der Waals surface area contributed by atoms with Crippen molar-refractivity contribution >= 4 is 23.7 Å². The summed E-state index contributed by atoms with van der Waals surface area (Å²) in [6.07, 6.45) is 0.321. The number of ether oxygens (including phenoxy) is 1. The quantitative estimate of drug-likeness (QED) is 0.536. The van der Waals surface area contributed by atoms with Gasteiger partial charge in [-0.1, -0.05) is 12.1 Å². The molecule has 6 nitrogen and oxygen atoms in total. The van der Waals surface area contributed by atoms with Crippen molar-refractivity contribution in [3.8, 4) is 5.75 Å². The number of carbonyl (C=O) groups is 2. The number of nitrogens with one attached hydrogen (secondary N) is 2. The van der Waals surface area contributed by atoms with Crippen molar-refractivity contribution in [1.82, 2.24) is 10.9 Å². The summed E-state index contributed by atoms with van der Waals surface area (Å²) in [4.78, 5) is 21.6. The monoisotopic (exact) mass is 283 g/mol. The van der Waals surface area contributed by atoms with Crippen LogP contribution in [0.5, 0.6) is 5.75 Å². The molecule has 3 amide bonds. The molecule has 0 aromatic heterocycles. The smallest absolute Gasteiger partial charge is 0.330 e. The molecule has 0 saturated heterocycles. The molecule has 1 rings (SSSR count). The van der Waals surface area contributed by atoms with Crippen LogP contribution in [0.25, 0.3) is 0 Å². The molecule has 0 unspecified atom stereocenters. The van der Waals surface area contributed by atoms with Crippen molar-refractivity contribution in [2.24, 2.45) is 5.73 Å². The van der Waals surface area contributed by atoms with E-state index in [1.54, 1.807) is 18.9 Å². The molecule has 1 aromatic carbocycles. The Morgan fingerprint density at radius 1 is 1.26 bits per heavy atom. The summed E-state index contributed by atoms with van der Waals surface area (Å²) in [6.45, 7) is 0. The van der Waals surface area contributed by atoms with Crippen LogP contribution in [-0.2, 0) is 10.5 Å². The van der Waals surface area contributed by atoms with E-state index in [1.807, 2.05) is 29.7 Å². The third-order valence-electron chi connectivity index (χ3n) is 2.23. The second-order valence-electron chi connectivity index (χ2n) is 3.69. The number of urea groups is 1. The van der Waals surface area contributed by atoms with Gasteiger partial charge in [0.05, 0.1) is 7.11 Å². The van der Waals surface area contributed by atoms with Crippen molar-refractivity contribution in [1.29, 1.82) is 0 Å². The fourth-order valence-corrected chi connectivity index (χ4v) is 2.17. The van der Waals surface area contributed by atoms with Crippen LogP contribution in [0.3, 0.4) is 0 Å². The molecular weight excluding hydrogens is 266 g/mol. The Labute approximate surface area is 116 Å². The molecule has 7 heteroatoms. The molecule has 0 fully saturated rings. The van der Waals surface area contributed by atoms with E-state index in [1.165, 1.54) is 5.56 Å². The number of methoxy groups -OCH3 is 1. The van der Waals surface area contributed by atoms with Gasteiger partial charge in [-0.15, -0.1) is 0 Å². The summed E-state index contributed by atoms with van der Waals surface area (Å²) < 4.78 is 5.07. The first-order valence-electron chi connectivity index (χ1n) is 5.67. The first kappa shape index (κ1) is 15.2. The van der Waals surface area contributed by atoms with Gasteiger partial charge in [-0.25, -0.2) is 10.2 Å². The lowest BCUT2D eigenvalue weighted by Crippen LogP contribution is -2.44. The molecule has 0 aliphatic heterocycles. The van der Waals surface area contributed by atoms with Gasteiger partial charge in [-0.2, -0.15) is 11.8 Å². The SMILES string of the molecule is COc1ccc(CSCCC(=O)NNC(N)=O)cc1. The minimum absolute atomic E-state index is 0.263. The van der Waals surface area contributed by atoms with Crippen molar-refractivity contribution in [3.63, 3.8) is 0 Å². The van der Waals surface area contributed by atoms with Gasteiger partial charge in [0, 0.05) is 17.9 Å². The molecule has 19 heavy (non-hydrogen) atoms. The summed E-state index contributed by atoms with van der Waals surface area (Å²) in [5.74, 6) is 2.05. The molecule has 0 radical (unpaired) electrons. The number of rotatable bonds is 6. The van der Waals surface area contributed by atoms with Crippen LogP contribution >= 0.6 is 11.8 Å². The summed E-state index contributed by atoms with van der Waals surface area (Å²) in [5.41, 5.74) is 10.2. The zero-order valence-corrected chi connectivity index (χ0v) is 11.5. The van der Waals surface area contributed by atoms with E-state index in [0.717, 1.165) is 11.5 Å². The highest BCUT2D eigenvalue weighted by molar-refractivity contribution is 7.98. The molecule has 0 bridgehead atoms. The van der Waals surface area contributed by atoms with E-state index in [0.29, 0.717) is 12.2 Å². The van der Waals surface area contributed by atoms with Gasteiger partial charge in [0.25, 0.3) is 0 Å². The summed E-state index contributed by atoms with van der Waals surface area (Å²) >= 11 is 1.64. The van der Waals surface area contributed by atoms with Gasteiger partial charge in [-0.3, -0.25) is 10.2 Å². The fourth-order valence-electron chi connectivity index (χ4n) is 1.27. The lowest BCUT2D eigenvalue weighted by atomic mass is 10.2. The first-order chi connectivity index (χ1) is 9.11. The van der Waals surface area contributed by atoms with Crippen LogP contribution in [0.15, 0.2) is 24.3 Å². The predicted octanol–water partition coefficient (Wildman–Crippen LogP) is 1.02. The summed E-state index contributed by atoms with van der Waals surface area (Å²) in [6, 6.07) is 7.00. The Bertz CT molecular complexity index is 423. The number of thioether (sulfide) groups is 1. The van der Waals surface area contributed by atoms with Crippen LogP contribution in [0, 0.1) is 0 Å². The van der Waals surface area contributed by atoms with E-state index in [4.69, 9.17) is 10.5 Å². The Morgan fingerprint density at radius 2 is 1.95 bits per heavy atom. The number of carbonyl (C=O) groups excluding carboxylic acids is 2. The molecule has 104 valence electrons. The maximum Gasteiger partial charge on any atom is 0.330 e. The fraction of sp³-hybridized carbons (Fsp3) is 0.333. The third-order valence-corrected chi connectivity index (χ3v) is 3.26. The number of benzene rings is 1. The van der Waals surface area contributed by atoms with Crippen LogP contribution in [0.4, 0.5) is 4.79 Å². The average Bonchev–Trinajstić information content (AvgIpc) is 2.42. The van der Waals surface area contributed by atoms with Crippen LogP contribution in [-0.4, -0.2) is 24.8 Å². The van der Waals surface area contributed by atoms with Crippen LogP contribution < -0.4 is 21.3 Å². The standard InChI is InChI=1S/C12H17N3O3S/c1-18-10-4-2-9(3-5-10)8-19-7-6-11(16)14-15-12(13)17/h2-5H,6-8H2,1H3,(H,14,16)(H3,13,15,17). The number of primary amides is 1. The topological polar surface area (TPSA) is 93.4 Å². The van der Waals surface area contributed by atoms with Crippen LogP contribution in [0.2, 0.25) is 0 Å². The highest BCUT2D eigenvalue weighted by Crippen LogP contribution is 2.16. The molecule has 0 aliphatic rings. The lowest BCUT2D eigenvalue weighted by molar-refractivity contribution is -0.121. The highest BCUT2D eigenvalue weighted by atomic mass is 32.2. The Kier molecular flexibility index (Phi) is 6.59. The molecular formula is C12H17N3O3S. The summed E-state index contributed by atoms with van der Waals surface area (Å²) in [7, 11) is 1.63.